The third-order valence-corrected chi connectivity index (χ3v) is 12.0. The lowest BCUT2D eigenvalue weighted by Gasteiger charge is -2.29. The average Bonchev–Trinajstić information content (AvgIpc) is 2.36. The van der Waals surface area contributed by atoms with Gasteiger partial charge in [-0.2, -0.15) is 0 Å². The molecule has 0 aromatic carbocycles. The van der Waals surface area contributed by atoms with Gasteiger partial charge in [0, 0.05) is 0 Å². The van der Waals surface area contributed by atoms with E-state index in [-0.39, 0.29) is 0 Å². The second-order valence-electron chi connectivity index (χ2n) is 8.04. The van der Waals surface area contributed by atoms with Crippen molar-refractivity contribution in [1.82, 2.24) is 0 Å². The van der Waals surface area contributed by atoms with E-state index in [1.165, 1.54) is 50.6 Å². The molecular formula is C18H40Si2. The minimum absolute atomic E-state index is 0.845. The van der Waals surface area contributed by atoms with Crippen molar-refractivity contribution in [3.63, 3.8) is 0 Å². The van der Waals surface area contributed by atoms with Gasteiger partial charge >= 0.3 is 0 Å². The highest BCUT2D eigenvalue weighted by atomic mass is 28.3. The Labute approximate surface area is 131 Å². The Bertz CT molecular complexity index is 267. The molecule has 0 aromatic heterocycles. The van der Waals surface area contributed by atoms with Crippen LogP contribution in [0.5, 0.6) is 0 Å². The van der Waals surface area contributed by atoms with E-state index in [2.05, 4.69) is 58.7 Å². The van der Waals surface area contributed by atoms with Crippen LogP contribution in [0, 0.1) is 0 Å². The van der Waals surface area contributed by atoms with E-state index < -0.39 is 16.1 Å². The second kappa shape index (κ2) is 9.99. The van der Waals surface area contributed by atoms with Gasteiger partial charge in [-0.05, 0) is 5.54 Å². The van der Waals surface area contributed by atoms with Gasteiger partial charge in [0.1, 0.15) is 0 Å². The van der Waals surface area contributed by atoms with Crippen molar-refractivity contribution in [2.24, 2.45) is 0 Å². The van der Waals surface area contributed by atoms with Crippen LogP contribution in [-0.2, 0) is 0 Å². The van der Waals surface area contributed by atoms with Crippen molar-refractivity contribution in [3.8, 4) is 0 Å². The summed E-state index contributed by atoms with van der Waals surface area (Å²) in [5.41, 5.74) is 3.50. The quantitative estimate of drug-likeness (QED) is 0.278. The molecule has 0 aliphatic rings. The lowest BCUT2D eigenvalue weighted by Crippen LogP contribution is -2.30. The van der Waals surface area contributed by atoms with Crippen molar-refractivity contribution >= 4 is 16.1 Å². The molecule has 0 amide bonds. The highest BCUT2D eigenvalue weighted by Gasteiger charge is 2.26. The van der Waals surface area contributed by atoms with E-state index >= 15 is 0 Å². The maximum atomic E-state index is 2.65. The summed E-state index contributed by atoms with van der Waals surface area (Å²) >= 11 is 0. The Morgan fingerprint density at radius 1 is 0.800 bits per heavy atom. The van der Waals surface area contributed by atoms with Crippen LogP contribution in [0.3, 0.4) is 0 Å². The normalized spacial score (nSPS) is 14.9. The summed E-state index contributed by atoms with van der Waals surface area (Å²) in [5, 5.41) is 0. The maximum absolute atomic E-state index is 2.65. The number of rotatable bonds is 11. The van der Waals surface area contributed by atoms with Gasteiger partial charge in [0.2, 0.25) is 0 Å². The summed E-state index contributed by atoms with van der Waals surface area (Å²) in [5.74, 6) is 0. The highest BCUT2D eigenvalue weighted by molar-refractivity contribution is 6.83. The van der Waals surface area contributed by atoms with Gasteiger partial charge in [0.15, 0.2) is 0 Å². The van der Waals surface area contributed by atoms with E-state index in [4.69, 9.17) is 0 Å². The minimum atomic E-state index is -1.08. The Morgan fingerprint density at radius 3 is 1.80 bits per heavy atom. The first kappa shape index (κ1) is 20.2. The Hall–Kier alpha value is 0.174. The smallest absolute Gasteiger partial charge is 0.0713 e. The molecule has 20 heavy (non-hydrogen) atoms. The molecule has 0 N–H and O–H groups in total. The molecule has 1 unspecified atom stereocenters. The number of allylic oxidation sites excluding steroid dienone is 1. The number of unbranched alkanes of at least 4 members (excludes halogenated alkanes) is 4. The minimum Gasteiger partial charge on any atom is -0.0987 e. The van der Waals surface area contributed by atoms with E-state index in [0.717, 1.165) is 5.54 Å². The SMILES string of the molecule is CCCCC[Si](C)(C)/C=C/C(C)[Si](C)(C)CCCCC. The molecule has 0 nitrogen and oxygen atoms in total. The predicted molar refractivity (Wildman–Crippen MR) is 102 cm³/mol. The molecule has 0 saturated carbocycles. The molecule has 0 rings (SSSR count). The lowest BCUT2D eigenvalue weighted by atomic mass is 10.3. The molecule has 0 aliphatic heterocycles. The molecule has 0 saturated heterocycles. The van der Waals surface area contributed by atoms with E-state index in [9.17, 15) is 0 Å². The van der Waals surface area contributed by atoms with E-state index in [0.29, 0.717) is 0 Å². The van der Waals surface area contributed by atoms with Crippen molar-refractivity contribution in [2.45, 2.75) is 103 Å². The topological polar surface area (TPSA) is 0 Å². The summed E-state index contributed by atoms with van der Waals surface area (Å²) in [6.07, 6.45) is 11.0. The zero-order valence-electron chi connectivity index (χ0n) is 15.4. The fraction of sp³-hybridized carbons (Fsp3) is 0.889. The average molecular weight is 313 g/mol. The summed E-state index contributed by atoms with van der Waals surface area (Å²) < 4.78 is 0. The third-order valence-electron chi connectivity index (χ3n) is 4.92. The van der Waals surface area contributed by atoms with Crippen LogP contribution in [0.15, 0.2) is 11.8 Å². The number of hydrogen-bond acceptors (Lipinski definition) is 0. The van der Waals surface area contributed by atoms with E-state index in [1.807, 2.05) is 0 Å². The van der Waals surface area contributed by atoms with Crippen LogP contribution < -0.4 is 0 Å². The fourth-order valence-corrected chi connectivity index (χ4v) is 7.20. The molecule has 0 heterocycles. The Balaban J connectivity index is 4.32. The van der Waals surface area contributed by atoms with Gasteiger partial charge in [-0.15, -0.1) is 0 Å². The Morgan fingerprint density at radius 2 is 1.30 bits per heavy atom. The molecule has 1 atom stereocenters. The largest absolute Gasteiger partial charge is 0.0987 e. The summed E-state index contributed by atoms with van der Waals surface area (Å²) in [6.45, 7) is 17.3. The van der Waals surface area contributed by atoms with Crippen LogP contribution in [0.4, 0.5) is 0 Å². The van der Waals surface area contributed by atoms with Gasteiger partial charge in [-0.1, -0.05) is 109 Å². The molecule has 120 valence electrons. The van der Waals surface area contributed by atoms with Gasteiger partial charge in [-0.3, -0.25) is 0 Å². The molecule has 0 radical (unpaired) electrons. The van der Waals surface area contributed by atoms with Crippen LogP contribution in [-0.4, -0.2) is 16.1 Å². The van der Waals surface area contributed by atoms with Gasteiger partial charge in [0.05, 0.1) is 16.1 Å². The van der Waals surface area contributed by atoms with Crippen molar-refractivity contribution in [1.29, 1.82) is 0 Å². The van der Waals surface area contributed by atoms with Crippen LogP contribution >= 0.6 is 0 Å². The molecule has 0 bridgehead atoms. The predicted octanol–water partition coefficient (Wildman–Crippen LogP) is 7.27. The summed E-state index contributed by atoms with van der Waals surface area (Å²) in [4.78, 5) is 0. The van der Waals surface area contributed by atoms with Crippen molar-refractivity contribution < 1.29 is 0 Å². The Kier molecular flexibility index (Phi) is 10.1. The third kappa shape index (κ3) is 9.17. The first-order valence-corrected chi connectivity index (χ1v) is 15.5. The standard InChI is InChI=1S/C18H40Si2/c1-8-10-12-15-19(4,5)17-14-18(3)20(6,7)16-13-11-9-2/h14,17-18H,8-13,15-16H2,1-7H3/b17-14+. The molecule has 2 heteroatoms. The first-order chi connectivity index (χ1) is 9.25. The summed E-state index contributed by atoms with van der Waals surface area (Å²) in [6, 6.07) is 2.98. The fourth-order valence-electron chi connectivity index (χ4n) is 2.64. The van der Waals surface area contributed by atoms with Crippen LogP contribution in [0.1, 0.15) is 59.3 Å². The zero-order chi connectivity index (χ0) is 15.6. The molecule has 0 fully saturated rings. The molecule has 0 aliphatic carbocycles. The maximum Gasteiger partial charge on any atom is 0.0713 e. The van der Waals surface area contributed by atoms with Crippen molar-refractivity contribution in [3.05, 3.63) is 11.8 Å². The molecule has 0 spiro atoms. The molecular weight excluding hydrogens is 272 g/mol. The van der Waals surface area contributed by atoms with Gasteiger partial charge in [0.25, 0.3) is 0 Å². The number of hydrogen-bond donors (Lipinski definition) is 0. The van der Waals surface area contributed by atoms with Gasteiger partial charge < -0.3 is 0 Å². The first-order valence-electron chi connectivity index (χ1n) is 8.94. The molecule has 0 aromatic rings. The summed E-state index contributed by atoms with van der Waals surface area (Å²) in [7, 11) is -2.13. The van der Waals surface area contributed by atoms with Crippen molar-refractivity contribution in [2.75, 3.05) is 0 Å². The second-order valence-corrected chi connectivity index (χ2v) is 18.2. The monoisotopic (exact) mass is 312 g/mol. The van der Waals surface area contributed by atoms with Crippen LogP contribution in [0.2, 0.25) is 43.8 Å². The lowest BCUT2D eigenvalue weighted by molar-refractivity contribution is 0.758. The zero-order valence-corrected chi connectivity index (χ0v) is 17.4. The van der Waals surface area contributed by atoms with E-state index in [1.54, 1.807) is 0 Å². The highest BCUT2D eigenvalue weighted by Crippen LogP contribution is 2.30. The van der Waals surface area contributed by atoms with Crippen LogP contribution in [0.25, 0.3) is 0 Å². The van der Waals surface area contributed by atoms with Gasteiger partial charge in [-0.25, -0.2) is 0 Å².